The molecule has 1 aliphatic rings. The highest BCUT2D eigenvalue weighted by molar-refractivity contribution is 5.17. The molecule has 2 rings (SSSR count). The predicted octanol–water partition coefficient (Wildman–Crippen LogP) is 1.58. The number of rotatable bonds is 7. The molecule has 1 saturated heterocycles. The summed E-state index contributed by atoms with van der Waals surface area (Å²) in [6, 6.07) is 0.602. The highest BCUT2D eigenvalue weighted by Crippen LogP contribution is 2.16. The summed E-state index contributed by atoms with van der Waals surface area (Å²) in [5.41, 5.74) is 0. The zero-order chi connectivity index (χ0) is 12.8. The molecule has 0 bridgehead atoms. The second-order valence-corrected chi connectivity index (χ2v) is 4.73. The fourth-order valence-electron chi connectivity index (χ4n) is 1.91. The van der Waals surface area contributed by atoms with E-state index >= 15 is 0 Å². The zero-order valence-electron chi connectivity index (χ0n) is 11.1. The molecule has 102 valence electrons. The number of nitrogens with one attached hydrogen (secondary N) is 2. The maximum atomic E-state index is 5.57. The normalized spacial score (nSPS) is 21.1. The van der Waals surface area contributed by atoms with Crippen LogP contribution in [0.1, 0.15) is 38.6 Å². The molecule has 18 heavy (non-hydrogen) atoms. The summed E-state index contributed by atoms with van der Waals surface area (Å²) in [7, 11) is 0. The molecular formula is C12H22N4O2. The molecule has 2 unspecified atom stereocenters. The predicted molar refractivity (Wildman–Crippen MR) is 68.4 cm³/mol. The summed E-state index contributed by atoms with van der Waals surface area (Å²) in [6.07, 6.45) is 2.19. The van der Waals surface area contributed by atoms with Crippen molar-refractivity contribution in [2.24, 2.45) is 5.92 Å². The van der Waals surface area contributed by atoms with E-state index in [1.807, 2.05) is 6.92 Å². The molecule has 1 aliphatic heterocycles. The molecule has 2 heterocycles. The van der Waals surface area contributed by atoms with Crippen LogP contribution in [0.25, 0.3) is 0 Å². The summed E-state index contributed by atoms with van der Waals surface area (Å²) in [5, 5.41) is 14.5. The van der Waals surface area contributed by atoms with E-state index in [-0.39, 0.29) is 6.04 Å². The molecule has 0 aliphatic carbocycles. The Morgan fingerprint density at radius 1 is 1.44 bits per heavy atom. The molecule has 0 spiro atoms. The average Bonchev–Trinajstić information content (AvgIpc) is 3.04. The second kappa shape index (κ2) is 6.70. The average molecular weight is 254 g/mol. The smallest absolute Gasteiger partial charge is 0.315 e. The van der Waals surface area contributed by atoms with Gasteiger partial charge in [-0.2, -0.15) is 0 Å². The Kier molecular flexibility index (Phi) is 4.95. The van der Waals surface area contributed by atoms with Crippen molar-refractivity contribution in [2.45, 2.75) is 32.7 Å². The molecule has 0 saturated carbocycles. The van der Waals surface area contributed by atoms with Crippen molar-refractivity contribution < 1.29 is 9.15 Å². The van der Waals surface area contributed by atoms with Gasteiger partial charge in [0.05, 0.1) is 12.6 Å². The number of hydrogen-bond donors (Lipinski definition) is 2. The lowest BCUT2D eigenvalue weighted by molar-refractivity contribution is 0.187. The number of aromatic nitrogens is 2. The van der Waals surface area contributed by atoms with Crippen LogP contribution in [0.3, 0.4) is 0 Å². The van der Waals surface area contributed by atoms with Crippen LogP contribution in [0, 0.1) is 5.92 Å². The first-order valence-electron chi connectivity index (χ1n) is 6.68. The molecule has 2 atom stereocenters. The van der Waals surface area contributed by atoms with Crippen molar-refractivity contribution in [3.63, 3.8) is 0 Å². The van der Waals surface area contributed by atoms with Gasteiger partial charge in [-0.15, -0.1) is 5.10 Å². The lowest BCUT2D eigenvalue weighted by atomic mass is 10.1. The van der Waals surface area contributed by atoms with Gasteiger partial charge in [-0.1, -0.05) is 12.0 Å². The molecule has 1 fully saturated rings. The van der Waals surface area contributed by atoms with Crippen LogP contribution >= 0.6 is 0 Å². The molecule has 6 heteroatoms. The molecule has 0 radical (unpaired) electrons. The Bertz CT molecular complexity index is 350. The second-order valence-electron chi connectivity index (χ2n) is 4.73. The summed E-state index contributed by atoms with van der Waals surface area (Å²) in [5.74, 6) is 1.18. The van der Waals surface area contributed by atoms with Gasteiger partial charge in [0.1, 0.15) is 0 Å². The maximum absolute atomic E-state index is 5.57. The van der Waals surface area contributed by atoms with E-state index in [4.69, 9.17) is 9.15 Å². The summed E-state index contributed by atoms with van der Waals surface area (Å²) >= 11 is 0. The maximum Gasteiger partial charge on any atom is 0.315 e. The molecule has 1 aromatic heterocycles. The van der Waals surface area contributed by atoms with Crippen LogP contribution in [0.5, 0.6) is 0 Å². The zero-order valence-corrected chi connectivity index (χ0v) is 11.1. The monoisotopic (exact) mass is 254 g/mol. The Balaban J connectivity index is 1.77. The van der Waals surface area contributed by atoms with Crippen LogP contribution in [-0.4, -0.2) is 36.5 Å². The van der Waals surface area contributed by atoms with Crippen molar-refractivity contribution in [3.8, 4) is 0 Å². The van der Waals surface area contributed by atoms with E-state index in [0.29, 0.717) is 17.8 Å². The van der Waals surface area contributed by atoms with Crippen LogP contribution in [0.15, 0.2) is 4.42 Å². The Morgan fingerprint density at radius 2 is 2.33 bits per heavy atom. The SMILES string of the molecule is CCCNC(C)c1nnc(NCC2CCOC2)o1. The minimum absolute atomic E-state index is 0.0998. The summed E-state index contributed by atoms with van der Waals surface area (Å²) in [4.78, 5) is 0. The van der Waals surface area contributed by atoms with Crippen molar-refractivity contribution in [1.82, 2.24) is 15.5 Å². The van der Waals surface area contributed by atoms with Gasteiger partial charge in [0.25, 0.3) is 0 Å². The lowest BCUT2D eigenvalue weighted by Gasteiger charge is -2.08. The number of hydrogen-bond acceptors (Lipinski definition) is 6. The van der Waals surface area contributed by atoms with Crippen molar-refractivity contribution in [3.05, 3.63) is 5.89 Å². The van der Waals surface area contributed by atoms with Gasteiger partial charge in [-0.05, 0) is 26.3 Å². The van der Waals surface area contributed by atoms with Gasteiger partial charge < -0.3 is 19.8 Å². The van der Waals surface area contributed by atoms with Crippen molar-refractivity contribution >= 4 is 6.01 Å². The van der Waals surface area contributed by atoms with Gasteiger partial charge in [-0.3, -0.25) is 0 Å². The number of nitrogens with zero attached hydrogens (tertiary/aromatic N) is 2. The first-order valence-corrected chi connectivity index (χ1v) is 6.68. The molecule has 0 amide bonds. The molecule has 6 nitrogen and oxygen atoms in total. The van der Waals surface area contributed by atoms with Gasteiger partial charge >= 0.3 is 6.01 Å². The van der Waals surface area contributed by atoms with Gasteiger partial charge in [-0.25, -0.2) is 0 Å². The third kappa shape index (κ3) is 3.68. The minimum atomic E-state index is 0.0998. The topological polar surface area (TPSA) is 72.2 Å². The van der Waals surface area contributed by atoms with Crippen LogP contribution in [0.2, 0.25) is 0 Å². The molecular weight excluding hydrogens is 232 g/mol. The third-order valence-corrected chi connectivity index (χ3v) is 3.08. The van der Waals surface area contributed by atoms with Crippen LogP contribution < -0.4 is 10.6 Å². The Labute approximate surface area is 107 Å². The number of anilines is 1. The molecule has 0 aromatic carbocycles. The fourth-order valence-corrected chi connectivity index (χ4v) is 1.91. The lowest BCUT2D eigenvalue weighted by Crippen LogP contribution is -2.19. The van der Waals surface area contributed by atoms with E-state index in [1.165, 1.54) is 0 Å². The largest absolute Gasteiger partial charge is 0.406 e. The summed E-state index contributed by atoms with van der Waals surface area (Å²) < 4.78 is 10.9. The quantitative estimate of drug-likeness (QED) is 0.769. The molecule has 1 aromatic rings. The van der Waals surface area contributed by atoms with E-state index < -0.39 is 0 Å². The van der Waals surface area contributed by atoms with Crippen molar-refractivity contribution in [1.29, 1.82) is 0 Å². The van der Waals surface area contributed by atoms with E-state index in [9.17, 15) is 0 Å². The number of ether oxygens (including phenoxy) is 1. The van der Waals surface area contributed by atoms with Gasteiger partial charge in [0.2, 0.25) is 5.89 Å². The van der Waals surface area contributed by atoms with E-state index in [1.54, 1.807) is 0 Å². The third-order valence-electron chi connectivity index (χ3n) is 3.08. The van der Waals surface area contributed by atoms with Crippen LogP contribution in [0.4, 0.5) is 6.01 Å². The highest BCUT2D eigenvalue weighted by Gasteiger charge is 2.17. The highest BCUT2D eigenvalue weighted by atomic mass is 16.5. The molecule has 2 N–H and O–H groups in total. The Morgan fingerprint density at radius 3 is 3.06 bits per heavy atom. The fraction of sp³-hybridized carbons (Fsp3) is 0.833. The van der Waals surface area contributed by atoms with Gasteiger partial charge in [0, 0.05) is 19.1 Å². The van der Waals surface area contributed by atoms with Crippen LogP contribution in [-0.2, 0) is 4.74 Å². The van der Waals surface area contributed by atoms with Gasteiger partial charge in [0.15, 0.2) is 0 Å². The van der Waals surface area contributed by atoms with E-state index in [0.717, 1.165) is 39.1 Å². The van der Waals surface area contributed by atoms with E-state index in [2.05, 4.69) is 27.8 Å². The first kappa shape index (κ1) is 13.3. The minimum Gasteiger partial charge on any atom is -0.406 e. The Hall–Kier alpha value is -1.14. The summed E-state index contributed by atoms with van der Waals surface area (Å²) in [6.45, 7) is 7.62. The first-order chi connectivity index (χ1) is 8.79. The van der Waals surface area contributed by atoms with Crippen molar-refractivity contribution in [2.75, 3.05) is 31.6 Å². The standard InChI is InChI=1S/C12H22N4O2/c1-3-5-13-9(2)11-15-16-12(18-11)14-7-10-4-6-17-8-10/h9-10,13H,3-8H2,1-2H3,(H,14,16).